The van der Waals surface area contributed by atoms with Crippen molar-refractivity contribution >= 4 is 17.6 Å². The SMILES string of the molecule is CCOC(=O)C(Cl)(c1ccccc1)c1ccccc1. The smallest absolute Gasteiger partial charge is 0.336 e. The molecule has 19 heavy (non-hydrogen) atoms. The molecule has 0 unspecified atom stereocenters. The molecule has 2 nitrogen and oxygen atoms in total. The molecule has 0 bridgehead atoms. The fourth-order valence-electron chi connectivity index (χ4n) is 1.97. The summed E-state index contributed by atoms with van der Waals surface area (Å²) in [5, 5.41) is 0. The maximum Gasteiger partial charge on any atom is 0.336 e. The molecule has 0 aromatic heterocycles. The summed E-state index contributed by atoms with van der Waals surface area (Å²) in [5.74, 6) is -0.450. The Balaban J connectivity index is 2.54. The minimum absolute atomic E-state index is 0.299. The van der Waals surface area contributed by atoms with Gasteiger partial charge in [-0.05, 0) is 18.1 Å². The highest BCUT2D eigenvalue weighted by Crippen LogP contribution is 2.37. The van der Waals surface area contributed by atoms with Crippen molar-refractivity contribution in [3.8, 4) is 0 Å². The number of hydrogen-bond acceptors (Lipinski definition) is 2. The quantitative estimate of drug-likeness (QED) is 0.627. The maximum atomic E-state index is 12.3. The van der Waals surface area contributed by atoms with Crippen LogP contribution in [0, 0.1) is 0 Å². The molecule has 0 heterocycles. The van der Waals surface area contributed by atoms with Gasteiger partial charge in [-0.25, -0.2) is 4.79 Å². The summed E-state index contributed by atoms with van der Waals surface area (Å²) in [6.07, 6.45) is 0. The van der Waals surface area contributed by atoms with E-state index in [-0.39, 0.29) is 0 Å². The molecule has 0 aliphatic rings. The van der Waals surface area contributed by atoms with E-state index in [9.17, 15) is 4.79 Å². The average molecular weight is 275 g/mol. The van der Waals surface area contributed by atoms with Gasteiger partial charge in [0.1, 0.15) is 0 Å². The van der Waals surface area contributed by atoms with Crippen molar-refractivity contribution in [2.24, 2.45) is 0 Å². The van der Waals surface area contributed by atoms with E-state index >= 15 is 0 Å². The highest BCUT2D eigenvalue weighted by atomic mass is 35.5. The molecule has 0 saturated heterocycles. The number of carbonyl (C=O) groups excluding carboxylic acids is 1. The Morgan fingerprint density at radius 1 is 1.00 bits per heavy atom. The first-order valence-electron chi connectivity index (χ1n) is 6.16. The second kappa shape index (κ2) is 5.89. The number of alkyl halides is 1. The van der Waals surface area contributed by atoms with Crippen LogP contribution in [0.2, 0.25) is 0 Å². The third kappa shape index (κ3) is 2.64. The highest BCUT2D eigenvalue weighted by Gasteiger charge is 2.41. The molecule has 98 valence electrons. The summed E-state index contributed by atoms with van der Waals surface area (Å²) >= 11 is 6.64. The van der Waals surface area contributed by atoms with Crippen molar-refractivity contribution in [3.05, 3.63) is 71.8 Å². The van der Waals surface area contributed by atoms with Gasteiger partial charge < -0.3 is 4.74 Å². The molecule has 0 fully saturated rings. The summed E-state index contributed by atoms with van der Waals surface area (Å²) in [7, 11) is 0. The molecule has 0 spiro atoms. The van der Waals surface area contributed by atoms with Crippen LogP contribution in [0.3, 0.4) is 0 Å². The lowest BCUT2D eigenvalue weighted by Crippen LogP contribution is -2.33. The summed E-state index contributed by atoms with van der Waals surface area (Å²) in [6, 6.07) is 18.5. The summed E-state index contributed by atoms with van der Waals surface area (Å²) < 4.78 is 5.14. The monoisotopic (exact) mass is 274 g/mol. The third-order valence-corrected chi connectivity index (χ3v) is 3.49. The number of benzene rings is 2. The zero-order chi connectivity index (χ0) is 13.7. The second-order valence-electron chi connectivity index (χ2n) is 4.11. The minimum Gasteiger partial charge on any atom is -0.464 e. The lowest BCUT2D eigenvalue weighted by molar-refractivity contribution is -0.145. The van der Waals surface area contributed by atoms with Crippen molar-refractivity contribution in [2.75, 3.05) is 6.61 Å². The van der Waals surface area contributed by atoms with E-state index in [4.69, 9.17) is 16.3 Å². The molecule has 0 radical (unpaired) electrons. The van der Waals surface area contributed by atoms with Gasteiger partial charge in [0.15, 0.2) is 4.87 Å². The molecule has 2 aromatic rings. The second-order valence-corrected chi connectivity index (χ2v) is 4.68. The van der Waals surface area contributed by atoms with Gasteiger partial charge >= 0.3 is 5.97 Å². The van der Waals surface area contributed by atoms with E-state index in [1.54, 1.807) is 6.92 Å². The van der Waals surface area contributed by atoms with Crippen molar-refractivity contribution in [2.45, 2.75) is 11.8 Å². The van der Waals surface area contributed by atoms with Crippen molar-refractivity contribution in [3.63, 3.8) is 0 Å². The topological polar surface area (TPSA) is 26.3 Å². The molecule has 0 N–H and O–H groups in total. The van der Waals surface area contributed by atoms with E-state index in [1.807, 2.05) is 60.7 Å². The van der Waals surface area contributed by atoms with E-state index in [0.717, 1.165) is 0 Å². The van der Waals surface area contributed by atoms with Crippen LogP contribution in [-0.2, 0) is 14.4 Å². The fourth-order valence-corrected chi connectivity index (χ4v) is 2.28. The third-order valence-electron chi connectivity index (χ3n) is 2.90. The molecule has 2 rings (SSSR count). The summed E-state index contributed by atoms with van der Waals surface area (Å²) in [4.78, 5) is 11.0. The highest BCUT2D eigenvalue weighted by molar-refractivity contribution is 6.36. The van der Waals surface area contributed by atoms with Crippen LogP contribution < -0.4 is 0 Å². The van der Waals surface area contributed by atoms with Crippen LogP contribution in [0.4, 0.5) is 0 Å². The normalized spacial score (nSPS) is 11.1. The van der Waals surface area contributed by atoms with Gasteiger partial charge in [-0.1, -0.05) is 72.3 Å². The molecular weight excluding hydrogens is 260 g/mol. The maximum absolute atomic E-state index is 12.3. The van der Waals surface area contributed by atoms with Crippen LogP contribution >= 0.6 is 11.6 Å². The van der Waals surface area contributed by atoms with Gasteiger partial charge in [-0.15, -0.1) is 0 Å². The van der Waals surface area contributed by atoms with Crippen molar-refractivity contribution in [1.82, 2.24) is 0 Å². The zero-order valence-corrected chi connectivity index (χ0v) is 11.4. The van der Waals surface area contributed by atoms with Crippen LogP contribution in [0.5, 0.6) is 0 Å². The van der Waals surface area contributed by atoms with Gasteiger partial charge in [0.2, 0.25) is 0 Å². The van der Waals surface area contributed by atoms with Gasteiger partial charge in [0, 0.05) is 0 Å². The van der Waals surface area contributed by atoms with Crippen molar-refractivity contribution < 1.29 is 9.53 Å². The number of hydrogen-bond donors (Lipinski definition) is 0. The van der Waals surface area contributed by atoms with E-state index in [1.165, 1.54) is 0 Å². The predicted molar refractivity (Wildman–Crippen MR) is 76.2 cm³/mol. The number of halogens is 1. The van der Waals surface area contributed by atoms with E-state index in [0.29, 0.717) is 17.7 Å². The van der Waals surface area contributed by atoms with Crippen LogP contribution in [0.15, 0.2) is 60.7 Å². The van der Waals surface area contributed by atoms with Crippen molar-refractivity contribution in [1.29, 1.82) is 0 Å². The predicted octanol–water partition coefficient (Wildman–Crippen LogP) is 3.73. The summed E-state index contributed by atoms with van der Waals surface area (Å²) in [6.45, 7) is 2.07. The molecular formula is C16H15ClO2. The Morgan fingerprint density at radius 2 is 1.42 bits per heavy atom. The number of esters is 1. The lowest BCUT2D eigenvalue weighted by Gasteiger charge is -2.25. The fraction of sp³-hybridized carbons (Fsp3) is 0.188. The molecule has 0 aliphatic carbocycles. The van der Waals surface area contributed by atoms with Gasteiger partial charge in [0.05, 0.1) is 6.61 Å². The molecule has 3 heteroatoms. The Labute approximate surface area is 118 Å². The van der Waals surface area contributed by atoms with Crippen LogP contribution in [0.1, 0.15) is 18.1 Å². The van der Waals surface area contributed by atoms with E-state index < -0.39 is 10.8 Å². The van der Waals surface area contributed by atoms with Crippen LogP contribution in [0.25, 0.3) is 0 Å². The Kier molecular flexibility index (Phi) is 4.23. The Morgan fingerprint density at radius 3 is 1.79 bits per heavy atom. The lowest BCUT2D eigenvalue weighted by atomic mass is 9.90. The summed E-state index contributed by atoms with van der Waals surface area (Å²) in [5.41, 5.74) is 1.42. The minimum atomic E-state index is -1.29. The number of carbonyl (C=O) groups is 1. The molecule has 0 amide bonds. The molecule has 0 atom stereocenters. The number of ether oxygens (including phenoxy) is 1. The van der Waals surface area contributed by atoms with E-state index in [2.05, 4.69) is 0 Å². The molecule has 0 aliphatic heterocycles. The first kappa shape index (κ1) is 13.6. The Bertz CT molecular complexity index is 498. The first-order valence-corrected chi connectivity index (χ1v) is 6.54. The standard InChI is InChI=1S/C16H15ClO2/c1-2-19-15(18)16(17,13-9-5-3-6-10-13)14-11-7-4-8-12-14/h3-12H,2H2,1H3. The first-order chi connectivity index (χ1) is 9.19. The molecule has 0 saturated carbocycles. The molecule has 2 aromatic carbocycles. The largest absolute Gasteiger partial charge is 0.464 e. The Hall–Kier alpha value is -1.80. The average Bonchev–Trinajstić information content (AvgIpc) is 2.48. The van der Waals surface area contributed by atoms with Gasteiger partial charge in [-0.3, -0.25) is 0 Å². The van der Waals surface area contributed by atoms with Gasteiger partial charge in [-0.2, -0.15) is 0 Å². The van der Waals surface area contributed by atoms with Gasteiger partial charge in [0.25, 0.3) is 0 Å². The number of rotatable bonds is 4. The zero-order valence-electron chi connectivity index (χ0n) is 10.7. The van der Waals surface area contributed by atoms with Crippen LogP contribution in [-0.4, -0.2) is 12.6 Å².